The molecule has 2 rings (SSSR count). The van der Waals surface area contributed by atoms with Crippen LogP contribution in [0.25, 0.3) is 0 Å². The van der Waals surface area contributed by atoms with E-state index in [9.17, 15) is 10.1 Å². The van der Waals surface area contributed by atoms with Gasteiger partial charge >= 0.3 is 0 Å². The van der Waals surface area contributed by atoms with E-state index >= 15 is 0 Å². The highest BCUT2D eigenvalue weighted by atomic mass is 35.5. The Morgan fingerprint density at radius 1 is 1.35 bits per heavy atom. The number of benzene rings is 1. The summed E-state index contributed by atoms with van der Waals surface area (Å²) in [6.07, 6.45) is 0.534. The first kappa shape index (κ1) is 14.8. The van der Waals surface area contributed by atoms with Crippen molar-refractivity contribution in [2.75, 3.05) is 26.2 Å². The summed E-state index contributed by atoms with van der Waals surface area (Å²) < 4.78 is 0. The minimum Gasteiger partial charge on any atom is -0.340 e. The molecule has 1 fully saturated rings. The Balaban J connectivity index is 2.07. The summed E-state index contributed by atoms with van der Waals surface area (Å²) in [5, 5.41) is 10.1. The Labute approximate surface area is 124 Å². The normalized spacial score (nSPS) is 17.6. The lowest BCUT2D eigenvalue weighted by molar-refractivity contribution is -0.132. The lowest BCUT2D eigenvalue weighted by atomic mass is 10.1. The molecule has 0 aliphatic carbocycles. The minimum atomic E-state index is -0.345. The van der Waals surface area contributed by atoms with E-state index in [4.69, 9.17) is 11.6 Å². The first-order valence-corrected chi connectivity index (χ1v) is 7.21. The number of hydrogen-bond donors (Lipinski definition) is 0. The molecule has 1 aliphatic rings. The van der Waals surface area contributed by atoms with Crippen LogP contribution in [0.15, 0.2) is 24.3 Å². The highest BCUT2D eigenvalue weighted by Crippen LogP contribution is 2.27. The molecule has 0 bridgehead atoms. The number of carbonyl (C=O) groups excluding carboxylic acids is 1. The first-order chi connectivity index (χ1) is 9.67. The van der Waals surface area contributed by atoms with Gasteiger partial charge in [-0.05, 0) is 6.07 Å². The Kier molecular flexibility index (Phi) is 4.99. The van der Waals surface area contributed by atoms with Gasteiger partial charge in [0.2, 0.25) is 5.91 Å². The number of nitriles is 1. The van der Waals surface area contributed by atoms with Gasteiger partial charge < -0.3 is 4.90 Å². The number of halogens is 1. The SMILES string of the molecule is CCC(=O)N1CCN(C(C#N)c2ccccc2Cl)CC1. The number of rotatable bonds is 3. The lowest BCUT2D eigenvalue weighted by Gasteiger charge is -2.37. The summed E-state index contributed by atoms with van der Waals surface area (Å²) in [4.78, 5) is 15.6. The van der Waals surface area contributed by atoms with Crippen LogP contribution in [-0.2, 0) is 4.79 Å². The van der Waals surface area contributed by atoms with Crippen LogP contribution in [0.1, 0.15) is 24.9 Å². The van der Waals surface area contributed by atoms with Crippen molar-refractivity contribution in [2.45, 2.75) is 19.4 Å². The molecule has 1 unspecified atom stereocenters. The van der Waals surface area contributed by atoms with E-state index in [-0.39, 0.29) is 11.9 Å². The smallest absolute Gasteiger partial charge is 0.222 e. The minimum absolute atomic E-state index is 0.177. The van der Waals surface area contributed by atoms with Gasteiger partial charge in [-0.15, -0.1) is 0 Å². The lowest BCUT2D eigenvalue weighted by Crippen LogP contribution is -2.49. The van der Waals surface area contributed by atoms with Crippen LogP contribution < -0.4 is 0 Å². The molecule has 0 saturated carbocycles. The predicted molar refractivity (Wildman–Crippen MR) is 78.3 cm³/mol. The van der Waals surface area contributed by atoms with Crippen molar-refractivity contribution in [1.29, 1.82) is 5.26 Å². The van der Waals surface area contributed by atoms with Crippen LogP contribution in [0.5, 0.6) is 0 Å². The average molecular weight is 292 g/mol. The van der Waals surface area contributed by atoms with Gasteiger partial charge in [0.1, 0.15) is 6.04 Å². The molecular formula is C15H18ClN3O. The molecule has 0 radical (unpaired) electrons. The summed E-state index contributed by atoms with van der Waals surface area (Å²) in [7, 11) is 0. The van der Waals surface area contributed by atoms with Gasteiger partial charge in [0.15, 0.2) is 0 Å². The maximum absolute atomic E-state index is 11.7. The van der Waals surface area contributed by atoms with Gasteiger partial charge in [-0.25, -0.2) is 0 Å². The molecule has 1 aliphatic heterocycles. The van der Waals surface area contributed by atoms with E-state index < -0.39 is 0 Å². The molecule has 0 N–H and O–H groups in total. The number of piperazine rings is 1. The largest absolute Gasteiger partial charge is 0.340 e. The zero-order valence-corrected chi connectivity index (χ0v) is 12.3. The van der Waals surface area contributed by atoms with Crippen molar-refractivity contribution < 1.29 is 4.79 Å². The number of nitrogens with zero attached hydrogens (tertiary/aromatic N) is 3. The monoisotopic (exact) mass is 291 g/mol. The standard InChI is InChI=1S/C15H18ClN3O/c1-2-15(20)19-9-7-18(8-10-19)14(11-17)12-5-3-4-6-13(12)16/h3-6,14H,2,7-10H2,1H3. The van der Waals surface area contributed by atoms with E-state index in [0.29, 0.717) is 37.6 Å². The van der Waals surface area contributed by atoms with Gasteiger partial charge in [-0.1, -0.05) is 36.7 Å². The fourth-order valence-electron chi connectivity index (χ4n) is 2.50. The molecule has 1 aromatic rings. The number of amides is 1. The zero-order chi connectivity index (χ0) is 14.5. The van der Waals surface area contributed by atoms with Crippen LogP contribution in [0, 0.1) is 11.3 Å². The van der Waals surface area contributed by atoms with E-state index in [2.05, 4.69) is 11.0 Å². The number of hydrogen-bond acceptors (Lipinski definition) is 3. The quantitative estimate of drug-likeness (QED) is 0.859. The Hall–Kier alpha value is -1.57. The molecule has 1 heterocycles. The molecule has 1 atom stereocenters. The van der Waals surface area contributed by atoms with Crippen molar-refractivity contribution in [2.24, 2.45) is 0 Å². The van der Waals surface area contributed by atoms with Gasteiger partial charge in [-0.2, -0.15) is 5.26 Å². The van der Waals surface area contributed by atoms with Gasteiger partial charge in [0.05, 0.1) is 6.07 Å². The fourth-order valence-corrected chi connectivity index (χ4v) is 2.74. The third kappa shape index (κ3) is 3.12. The van der Waals surface area contributed by atoms with E-state index in [0.717, 1.165) is 5.56 Å². The van der Waals surface area contributed by atoms with Crippen LogP contribution in [-0.4, -0.2) is 41.9 Å². The fraction of sp³-hybridized carbons (Fsp3) is 0.467. The highest BCUT2D eigenvalue weighted by Gasteiger charge is 2.27. The summed E-state index contributed by atoms with van der Waals surface area (Å²) in [6, 6.07) is 9.42. The maximum atomic E-state index is 11.7. The number of carbonyl (C=O) groups is 1. The van der Waals surface area contributed by atoms with Gasteiger partial charge in [0, 0.05) is 43.2 Å². The Bertz CT molecular complexity index is 518. The molecule has 4 nitrogen and oxygen atoms in total. The summed E-state index contributed by atoms with van der Waals surface area (Å²) >= 11 is 6.18. The molecular weight excluding hydrogens is 274 g/mol. The summed E-state index contributed by atoms with van der Waals surface area (Å²) in [5.74, 6) is 0.177. The molecule has 1 amide bonds. The van der Waals surface area contributed by atoms with Crippen molar-refractivity contribution in [3.63, 3.8) is 0 Å². The maximum Gasteiger partial charge on any atom is 0.222 e. The molecule has 5 heteroatoms. The second kappa shape index (κ2) is 6.74. The van der Waals surface area contributed by atoms with Crippen molar-refractivity contribution >= 4 is 17.5 Å². The highest BCUT2D eigenvalue weighted by molar-refractivity contribution is 6.31. The topological polar surface area (TPSA) is 47.3 Å². The Morgan fingerprint density at radius 3 is 2.55 bits per heavy atom. The summed E-state index contributed by atoms with van der Waals surface area (Å²) in [5.41, 5.74) is 0.840. The van der Waals surface area contributed by atoms with Gasteiger partial charge in [0.25, 0.3) is 0 Å². The van der Waals surface area contributed by atoms with Gasteiger partial charge in [-0.3, -0.25) is 9.69 Å². The zero-order valence-electron chi connectivity index (χ0n) is 11.6. The van der Waals surface area contributed by atoms with Crippen LogP contribution in [0.3, 0.4) is 0 Å². The molecule has 1 saturated heterocycles. The second-order valence-corrected chi connectivity index (χ2v) is 5.23. The molecule has 20 heavy (non-hydrogen) atoms. The molecule has 1 aromatic carbocycles. The second-order valence-electron chi connectivity index (χ2n) is 4.82. The van der Waals surface area contributed by atoms with Crippen LogP contribution in [0.4, 0.5) is 0 Å². The van der Waals surface area contributed by atoms with E-state index in [1.54, 1.807) is 6.07 Å². The van der Waals surface area contributed by atoms with Crippen molar-refractivity contribution in [3.8, 4) is 6.07 Å². The van der Waals surface area contributed by atoms with Crippen molar-refractivity contribution in [1.82, 2.24) is 9.80 Å². The first-order valence-electron chi connectivity index (χ1n) is 6.83. The van der Waals surface area contributed by atoms with Crippen molar-refractivity contribution in [3.05, 3.63) is 34.9 Å². The molecule has 0 spiro atoms. The molecule has 0 aromatic heterocycles. The van der Waals surface area contributed by atoms with Crippen LogP contribution >= 0.6 is 11.6 Å². The Morgan fingerprint density at radius 2 is 2.00 bits per heavy atom. The third-order valence-electron chi connectivity index (χ3n) is 3.66. The van der Waals surface area contributed by atoms with Crippen LogP contribution in [0.2, 0.25) is 5.02 Å². The predicted octanol–water partition coefficient (Wildman–Crippen LogP) is 2.46. The molecule has 106 valence electrons. The van der Waals surface area contributed by atoms with E-state index in [1.165, 1.54) is 0 Å². The van der Waals surface area contributed by atoms with E-state index in [1.807, 2.05) is 30.0 Å². The average Bonchev–Trinajstić information content (AvgIpc) is 2.50. The summed E-state index contributed by atoms with van der Waals surface area (Å²) in [6.45, 7) is 4.63. The third-order valence-corrected chi connectivity index (χ3v) is 4.00.